The second kappa shape index (κ2) is 6.77. The van der Waals surface area contributed by atoms with Crippen molar-refractivity contribution in [2.45, 2.75) is 12.8 Å². The lowest BCUT2D eigenvalue weighted by atomic mass is 10.1. The number of nitrogens with two attached hydrogens (primary N) is 1. The van der Waals surface area contributed by atoms with Gasteiger partial charge in [0.15, 0.2) is 0 Å². The molecule has 0 heterocycles. The fourth-order valence-corrected chi connectivity index (χ4v) is 2.53. The SMILES string of the molecule is Nc1ccc(CCC(=O)Nc2ccc(Cl)cc2Br)cc1. The normalized spacial score (nSPS) is 10.3. The van der Waals surface area contributed by atoms with Gasteiger partial charge in [0, 0.05) is 21.6 Å². The van der Waals surface area contributed by atoms with Crippen molar-refractivity contribution in [1.29, 1.82) is 0 Å². The second-order valence-corrected chi connectivity index (χ2v) is 5.70. The number of nitrogen functional groups attached to an aromatic ring is 1. The Bertz CT molecular complexity index is 614. The van der Waals surface area contributed by atoms with Gasteiger partial charge in [-0.15, -0.1) is 0 Å². The minimum absolute atomic E-state index is 0.0372. The zero-order valence-electron chi connectivity index (χ0n) is 10.7. The summed E-state index contributed by atoms with van der Waals surface area (Å²) in [5.41, 5.74) is 8.15. The highest BCUT2D eigenvalue weighted by Crippen LogP contribution is 2.26. The molecule has 2 rings (SSSR count). The maximum absolute atomic E-state index is 11.9. The van der Waals surface area contributed by atoms with Crippen molar-refractivity contribution in [1.82, 2.24) is 0 Å². The zero-order chi connectivity index (χ0) is 14.5. The molecule has 0 saturated carbocycles. The molecule has 0 bridgehead atoms. The van der Waals surface area contributed by atoms with Crippen molar-refractivity contribution in [3.8, 4) is 0 Å². The summed E-state index contributed by atoms with van der Waals surface area (Å²) in [6, 6.07) is 12.8. The molecule has 0 unspecified atom stereocenters. The molecule has 0 saturated heterocycles. The van der Waals surface area contributed by atoms with Gasteiger partial charge in [-0.05, 0) is 58.2 Å². The highest BCUT2D eigenvalue weighted by molar-refractivity contribution is 9.10. The van der Waals surface area contributed by atoms with Crippen LogP contribution < -0.4 is 11.1 Å². The van der Waals surface area contributed by atoms with Crippen molar-refractivity contribution in [3.63, 3.8) is 0 Å². The van der Waals surface area contributed by atoms with Gasteiger partial charge in [-0.2, -0.15) is 0 Å². The van der Waals surface area contributed by atoms with Gasteiger partial charge < -0.3 is 11.1 Å². The molecule has 2 aromatic carbocycles. The smallest absolute Gasteiger partial charge is 0.224 e. The van der Waals surface area contributed by atoms with E-state index in [1.807, 2.05) is 24.3 Å². The molecule has 0 aliphatic rings. The van der Waals surface area contributed by atoms with Crippen LogP contribution in [0.1, 0.15) is 12.0 Å². The third-order valence-electron chi connectivity index (χ3n) is 2.83. The summed E-state index contributed by atoms with van der Waals surface area (Å²) in [5.74, 6) is -0.0372. The summed E-state index contributed by atoms with van der Waals surface area (Å²) in [6.45, 7) is 0. The molecule has 3 N–H and O–H groups in total. The van der Waals surface area contributed by atoms with Crippen LogP contribution in [0.5, 0.6) is 0 Å². The maximum Gasteiger partial charge on any atom is 0.224 e. The van der Waals surface area contributed by atoms with E-state index < -0.39 is 0 Å². The van der Waals surface area contributed by atoms with Gasteiger partial charge in [0.2, 0.25) is 5.91 Å². The van der Waals surface area contributed by atoms with Gasteiger partial charge in [0.1, 0.15) is 0 Å². The molecular formula is C15H14BrClN2O. The Morgan fingerprint density at radius 2 is 1.90 bits per heavy atom. The van der Waals surface area contributed by atoms with Gasteiger partial charge in [-0.25, -0.2) is 0 Å². The van der Waals surface area contributed by atoms with Crippen LogP contribution in [0.25, 0.3) is 0 Å². The number of benzene rings is 2. The number of amides is 1. The molecule has 0 aliphatic heterocycles. The van der Waals surface area contributed by atoms with Gasteiger partial charge >= 0.3 is 0 Å². The van der Waals surface area contributed by atoms with Gasteiger partial charge in [0.05, 0.1) is 5.69 Å². The largest absolute Gasteiger partial charge is 0.399 e. The average molecular weight is 354 g/mol. The molecule has 1 amide bonds. The molecule has 0 fully saturated rings. The van der Waals surface area contributed by atoms with Gasteiger partial charge in [-0.1, -0.05) is 23.7 Å². The number of hydrogen-bond acceptors (Lipinski definition) is 2. The van der Waals surface area contributed by atoms with Crippen LogP contribution in [0, 0.1) is 0 Å². The number of carbonyl (C=O) groups excluding carboxylic acids is 1. The molecular weight excluding hydrogens is 340 g/mol. The Morgan fingerprint density at radius 3 is 2.55 bits per heavy atom. The van der Waals surface area contributed by atoms with E-state index in [1.54, 1.807) is 18.2 Å². The summed E-state index contributed by atoms with van der Waals surface area (Å²) in [4.78, 5) is 11.9. The second-order valence-electron chi connectivity index (χ2n) is 4.41. The number of anilines is 2. The molecule has 0 radical (unpaired) electrons. The molecule has 5 heteroatoms. The highest BCUT2D eigenvalue weighted by Gasteiger charge is 2.06. The fraction of sp³-hybridized carbons (Fsp3) is 0.133. The van der Waals surface area contributed by atoms with Crippen LogP contribution in [0.4, 0.5) is 11.4 Å². The minimum atomic E-state index is -0.0372. The Labute approximate surface area is 131 Å². The zero-order valence-corrected chi connectivity index (χ0v) is 13.0. The Hall–Kier alpha value is -1.52. The van der Waals surface area contributed by atoms with Gasteiger partial charge in [-0.3, -0.25) is 4.79 Å². The van der Waals surface area contributed by atoms with E-state index in [4.69, 9.17) is 17.3 Å². The van der Waals surface area contributed by atoms with Crippen molar-refractivity contribution < 1.29 is 4.79 Å². The molecule has 0 aliphatic carbocycles. The minimum Gasteiger partial charge on any atom is -0.399 e. The quantitative estimate of drug-likeness (QED) is 0.807. The van der Waals surface area contributed by atoms with Crippen molar-refractivity contribution in [3.05, 3.63) is 57.5 Å². The van der Waals surface area contributed by atoms with Crippen molar-refractivity contribution in [2.75, 3.05) is 11.1 Å². The third kappa shape index (κ3) is 4.25. The van der Waals surface area contributed by atoms with Crippen LogP contribution in [-0.2, 0) is 11.2 Å². The first kappa shape index (κ1) is 14.9. The number of nitrogens with one attached hydrogen (secondary N) is 1. The molecule has 0 atom stereocenters. The third-order valence-corrected chi connectivity index (χ3v) is 3.72. The summed E-state index contributed by atoms with van der Waals surface area (Å²) >= 11 is 9.22. The summed E-state index contributed by atoms with van der Waals surface area (Å²) in [5, 5.41) is 3.47. The lowest BCUT2D eigenvalue weighted by Crippen LogP contribution is -2.12. The molecule has 0 spiro atoms. The molecule has 20 heavy (non-hydrogen) atoms. The van der Waals surface area contributed by atoms with Crippen molar-refractivity contribution >= 4 is 44.8 Å². The monoisotopic (exact) mass is 352 g/mol. The number of rotatable bonds is 4. The Kier molecular flexibility index (Phi) is 5.04. The van der Waals surface area contributed by atoms with E-state index in [-0.39, 0.29) is 5.91 Å². The van der Waals surface area contributed by atoms with Crippen LogP contribution in [0.15, 0.2) is 46.9 Å². The summed E-state index contributed by atoms with van der Waals surface area (Å²) in [6.07, 6.45) is 1.09. The number of halogens is 2. The van der Waals surface area contributed by atoms with E-state index in [1.165, 1.54) is 0 Å². The lowest BCUT2D eigenvalue weighted by molar-refractivity contribution is -0.116. The highest BCUT2D eigenvalue weighted by atomic mass is 79.9. The van der Waals surface area contributed by atoms with E-state index in [2.05, 4.69) is 21.2 Å². The Morgan fingerprint density at radius 1 is 1.20 bits per heavy atom. The van der Waals surface area contributed by atoms with Gasteiger partial charge in [0.25, 0.3) is 0 Å². The van der Waals surface area contributed by atoms with Crippen LogP contribution >= 0.6 is 27.5 Å². The first-order valence-corrected chi connectivity index (χ1v) is 7.31. The first-order chi connectivity index (χ1) is 9.54. The summed E-state index contributed by atoms with van der Waals surface area (Å²) < 4.78 is 0.769. The topological polar surface area (TPSA) is 55.1 Å². The van der Waals surface area contributed by atoms with E-state index >= 15 is 0 Å². The number of hydrogen-bond donors (Lipinski definition) is 2. The molecule has 3 nitrogen and oxygen atoms in total. The predicted octanol–water partition coefficient (Wildman–Crippen LogP) is 4.26. The first-order valence-electron chi connectivity index (χ1n) is 6.14. The molecule has 2 aromatic rings. The standard InChI is InChI=1S/C15H14BrClN2O/c16-13-9-11(17)4-7-14(13)19-15(20)8-3-10-1-5-12(18)6-2-10/h1-2,4-7,9H,3,8,18H2,(H,19,20). The van der Waals surface area contributed by atoms with Crippen molar-refractivity contribution in [2.24, 2.45) is 0 Å². The summed E-state index contributed by atoms with van der Waals surface area (Å²) in [7, 11) is 0. The van der Waals surface area contributed by atoms with Crippen LogP contribution in [0.3, 0.4) is 0 Å². The fourth-order valence-electron chi connectivity index (χ4n) is 1.75. The van der Waals surface area contributed by atoms with Crippen LogP contribution in [-0.4, -0.2) is 5.91 Å². The lowest BCUT2D eigenvalue weighted by Gasteiger charge is -2.08. The van der Waals surface area contributed by atoms with E-state index in [0.29, 0.717) is 17.9 Å². The van der Waals surface area contributed by atoms with Crippen LogP contribution in [0.2, 0.25) is 5.02 Å². The molecule has 0 aromatic heterocycles. The molecule has 104 valence electrons. The number of aryl methyl sites for hydroxylation is 1. The number of carbonyl (C=O) groups is 1. The average Bonchev–Trinajstić information content (AvgIpc) is 2.41. The predicted molar refractivity (Wildman–Crippen MR) is 87.0 cm³/mol. The Balaban J connectivity index is 1.90. The van der Waals surface area contributed by atoms with E-state index in [0.717, 1.165) is 21.4 Å². The maximum atomic E-state index is 11.9. The van der Waals surface area contributed by atoms with E-state index in [9.17, 15) is 4.79 Å².